The van der Waals surface area contributed by atoms with Crippen molar-refractivity contribution in [1.29, 1.82) is 0 Å². The van der Waals surface area contributed by atoms with Gasteiger partial charge in [-0.05, 0) is 25.9 Å². The fraction of sp³-hybridized carbons (Fsp3) is 0.800. The van der Waals surface area contributed by atoms with Crippen LogP contribution in [0.1, 0.15) is 12.8 Å². The largest absolute Gasteiger partial charge is 0.478 e. The zero-order valence-corrected chi connectivity index (χ0v) is 9.09. The van der Waals surface area contributed by atoms with E-state index in [1.54, 1.807) is 0 Å². The van der Waals surface area contributed by atoms with Crippen LogP contribution in [0, 0.1) is 0 Å². The number of carbonyl (C=O) groups is 2. The van der Waals surface area contributed by atoms with Gasteiger partial charge >= 0.3 is 12.1 Å². The van der Waals surface area contributed by atoms with Crippen LogP contribution in [0.5, 0.6) is 0 Å². The molecule has 0 unspecified atom stereocenters. The lowest BCUT2D eigenvalue weighted by Gasteiger charge is -2.18. The van der Waals surface area contributed by atoms with E-state index in [-0.39, 0.29) is 6.54 Å². The van der Waals surface area contributed by atoms with Gasteiger partial charge in [0.15, 0.2) is 0 Å². The first-order chi connectivity index (χ1) is 7.66. The molecule has 1 atom stereocenters. The molecule has 2 heterocycles. The maximum atomic E-state index is 11.3. The van der Waals surface area contributed by atoms with Crippen LogP contribution >= 0.6 is 0 Å². The number of nitrogens with zero attached hydrogens (tertiary/aromatic N) is 2. The van der Waals surface area contributed by atoms with E-state index in [0.717, 1.165) is 19.6 Å². The van der Waals surface area contributed by atoms with Crippen molar-refractivity contribution in [2.45, 2.75) is 18.9 Å². The second-order valence-corrected chi connectivity index (χ2v) is 4.21. The Labute approximate surface area is 93.8 Å². The number of carboxylic acids is 1. The lowest BCUT2D eigenvalue weighted by molar-refractivity contribution is -0.144. The van der Waals surface area contributed by atoms with Gasteiger partial charge in [-0.15, -0.1) is 0 Å². The van der Waals surface area contributed by atoms with Crippen molar-refractivity contribution in [3.63, 3.8) is 0 Å². The molecule has 0 radical (unpaired) electrons. The van der Waals surface area contributed by atoms with Crippen LogP contribution < -0.4 is 0 Å². The molecule has 2 rings (SSSR count). The van der Waals surface area contributed by atoms with Crippen LogP contribution in [0.25, 0.3) is 0 Å². The third-order valence-electron chi connectivity index (χ3n) is 3.05. The minimum atomic E-state index is -1.07. The zero-order chi connectivity index (χ0) is 11.5. The van der Waals surface area contributed by atoms with Gasteiger partial charge in [-0.3, -0.25) is 0 Å². The van der Waals surface area contributed by atoms with Gasteiger partial charge in [-0.1, -0.05) is 0 Å². The van der Waals surface area contributed by atoms with Crippen molar-refractivity contribution >= 4 is 12.1 Å². The highest BCUT2D eigenvalue weighted by atomic mass is 16.6. The monoisotopic (exact) mass is 228 g/mol. The number of carboxylic acid groups (broad SMARTS) is 1. The summed E-state index contributed by atoms with van der Waals surface area (Å²) in [5, 5.41) is 8.71. The predicted molar refractivity (Wildman–Crippen MR) is 55.2 cm³/mol. The minimum absolute atomic E-state index is 0.169. The second kappa shape index (κ2) is 4.69. The van der Waals surface area contributed by atoms with Crippen LogP contribution in [0.15, 0.2) is 0 Å². The van der Waals surface area contributed by atoms with Gasteiger partial charge in [0, 0.05) is 13.1 Å². The first-order valence-electron chi connectivity index (χ1n) is 5.57. The van der Waals surface area contributed by atoms with E-state index < -0.39 is 18.2 Å². The Balaban J connectivity index is 1.77. The van der Waals surface area contributed by atoms with Gasteiger partial charge in [0.05, 0.1) is 6.54 Å². The number of ether oxygens (including phenoxy) is 1. The molecule has 90 valence electrons. The van der Waals surface area contributed by atoms with Crippen molar-refractivity contribution in [3.8, 4) is 0 Å². The van der Waals surface area contributed by atoms with Gasteiger partial charge in [0.2, 0.25) is 6.10 Å². The number of amides is 1. The molecule has 1 N–H and O–H groups in total. The topological polar surface area (TPSA) is 70.1 Å². The maximum Gasteiger partial charge on any atom is 0.410 e. The Bertz CT molecular complexity index is 289. The number of hydrogen-bond donors (Lipinski definition) is 1. The smallest absolute Gasteiger partial charge is 0.410 e. The zero-order valence-electron chi connectivity index (χ0n) is 9.09. The van der Waals surface area contributed by atoms with Gasteiger partial charge in [0.1, 0.15) is 0 Å². The summed E-state index contributed by atoms with van der Waals surface area (Å²) in [7, 11) is 0. The Morgan fingerprint density at radius 2 is 2.06 bits per heavy atom. The average Bonchev–Trinajstić information content (AvgIpc) is 2.84. The van der Waals surface area contributed by atoms with Crippen LogP contribution in [0.4, 0.5) is 4.79 Å². The van der Waals surface area contributed by atoms with Crippen LogP contribution in [-0.2, 0) is 9.53 Å². The Kier molecular flexibility index (Phi) is 3.28. The fourth-order valence-corrected chi connectivity index (χ4v) is 2.09. The summed E-state index contributed by atoms with van der Waals surface area (Å²) in [5.74, 6) is -1.07. The molecule has 0 bridgehead atoms. The number of cyclic esters (lactones) is 1. The first kappa shape index (κ1) is 11.2. The quantitative estimate of drug-likeness (QED) is 0.732. The SMILES string of the molecule is O=C(O)[C@H]1CN(CCN2CCCC2)C(=O)O1. The van der Waals surface area contributed by atoms with E-state index in [1.165, 1.54) is 17.7 Å². The number of carbonyl (C=O) groups excluding carboxylic acids is 1. The highest BCUT2D eigenvalue weighted by molar-refractivity contribution is 5.81. The molecule has 2 aliphatic heterocycles. The molecule has 0 aliphatic carbocycles. The van der Waals surface area contributed by atoms with Gasteiger partial charge in [-0.25, -0.2) is 9.59 Å². The summed E-state index contributed by atoms with van der Waals surface area (Å²) in [6.45, 7) is 3.68. The number of likely N-dealkylation sites (tertiary alicyclic amines) is 1. The van der Waals surface area contributed by atoms with E-state index >= 15 is 0 Å². The summed E-state index contributed by atoms with van der Waals surface area (Å²) in [4.78, 5) is 25.7. The molecule has 1 amide bonds. The van der Waals surface area contributed by atoms with Crippen molar-refractivity contribution in [3.05, 3.63) is 0 Å². The average molecular weight is 228 g/mol. The summed E-state index contributed by atoms with van der Waals surface area (Å²) in [6, 6.07) is 0. The highest BCUT2D eigenvalue weighted by Gasteiger charge is 2.35. The molecule has 0 aromatic heterocycles. The van der Waals surface area contributed by atoms with Gasteiger partial charge in [-0.2, -0.15) is 0 Å². The Morgan fingerprint density at radius 1 is 1.38 bits per heavy atom. The second-order valence-electron chi connectivity index (χ2n) is 4.21. The first-order valence-corrected chi connectivity index (χ1v) is 5.57. The van der Waals surface area contributed by atoms with Gasteiger partial charge < -0.3 is 19.6 Å². The summed E-state index contributed by atoms with van der Waals surface area (Å²) in [5.41, 5.74) is 0. The lowest BCUT2D eigenvalue weighted by Crippen LogP contribution is -2.35. The predicted octanol–water partition coefficient (Wildman–Crippen LogP) is -0.0124. The minimum Gasteiger partial charge on any atom is -0.478 e. The molecule has 2 fully saturated rings. The molecule has 6 heteroatoms. The molecule has 2 saturated heterocycles. The lowest BCUT2D eigenvalue weighted by atomic mass is 10.3. The molecule has 0 aromatic rings. The normalized spacial score (nSPS) is 26.1. The molecular formula is C10H16N2O4. The van der Waals surface area contributed by atoms with Crippen molar-refractivity contribution in [1.82, 2.24) is 9.80 Å². The molecule has 16 heavy (non-hydrogen) atoms. The van der Waals surface area contributed by atoms with E-state index in [2.05, 4.69) is 4.90 Å². The summed E-state index contributed by atoms with van der Waals surface area (Å²) in [6.07, 6.45) is 0.919. The third kappa shape index (κ3) is 2.44. The van der Waals surface area contributed by atoms with Crippen LogP contribution in [0.2, 0.25) is 0 Å². The number of rotatable bonds is 4. The molecule has 2 aliphatic rings. The van der Waals surface area contributed by atoms with E-state index in [9.17, 15) is 9.59 Å². The molecule has 0 spiro atoms. The number of hydrogen-bond acceptors (Lipinski definition) is 4. The Morgan fingerprint density at radius 3 is 2.62 bits per heavy atom. The Hall–Kier alpha value is -1.30. The van der Waals surface area contributed by atoms with Crippen molar-refractivity contribution in [2.75, 3.05) is 32.7 Å². The molecule has 6 nitrogen and oxygen atoms in total. The van der Waals surface area contributed by atoms with Crippen LogP contribution in [0.3, 0.4) is 0 Å². The van der Waals surface area contributed by atoms with E-state index in [0.29, 0.717) is 6.54 Å². The number of aliphatic carboxylic acids is 1. The molecule has 0 saturated carbocycles. The van der Waals surface area contributed by atoms with Crippen LogP contribution in [-0.4, -0.2) is 65.8 Å². The third-order valence-corrected chi connectivity index (χ3v) is 3.05. The van der Waals surface area contributed by atoms with E-state index in [1.807, 2.05) is 0 Å². The molecule has 0 aromatic carbocycles. The van der Waals surface area contributed by atoms with E-state index in [4.69, 9.17) is 9.84 Å². The standard InChI is InChI=1S/C10H16N2O4/c13-9(14)8-7-12(10(15)16-8)6-5-11-3-1-2-4-11/h8H,1-7H2,(H,13,14)/t8-/m1/s1. The fourth-order valence-electron chi connectivity index (χ4n) is 2.09. The summed E-state index contributed by atoms with van der Waals surface area (Å²) < 4.78 is 4.72. The molecular weight excluding hydrogens is 212 g/mol. The highest BCUT2D eigenvalue weighted by Crippen LogP contribution is 2.12. The van der Waals surface area contributed by atoms with Crippen molar-refractivity contribution in [2.24, 2.45) is 0 Å². The van der Waals surface area contributed by atoms with Crippen molar-refractivity contribution < 1.29 is 19.4 Å². The maximum absolute atomic E-state index is 11.3. The summed E-state index contributed by atoms with van der Waals surface area (Å²) >= 11 is 0. The van der Waals surface area contributed by atoms with Gasteiger partial charge in [0.25, 0.3) is 0 Å².